The van der Waals surface area contributed by atoms with E-state index in [1.807, 2.05) is 18.2 Å². The van der Waals surface area contributed by atoms with Crippen LogP contribution < -0.4 is 5.73 Å². The predicted octanol–water partition coefficient (Wildman–Crippen LogP) is 2.18. The minimum atomic E-state index is 0.229. The zero-order valence-corrected chi connectivity index (χ0v) is 10.4. The van der Waals surface area contributed by atoms with Gasteiger partial charge in [0.25, 0.3) is 0 Å². The molecule has 0 atom stereocenters. The third-order valence-corrected chi connectivity index (χ3v) is 3.52. The highest BCUT2D eigenvalue weighted by Crippen LogP contribution is 2.22. The maximum Gasteiger partial charge on any atom is 0.163 e. The molecule has 1 aliphatic heterocycles. The highest BCUT2D eigenvalue weighted by atomic mass is 16.1. The molecule has 3 nitrogen and oxygen atoms in total. The fraction of sp³-hybridized carbons (Fsp3) is 0.500. The Morgan fingerprint density at radius 1 is 1.41 bits per heavy atom. The van der Waals surface area contributed by atoms with Gasteiger partial charge in [0.15, 0.2) is 5.78 Å². The summed E-state index contributed by atoms with van der Waals surface area (Å²) in [7, 11) is 2.13. The molecule has 0 spiro atoms. The number of hydrogen-bond acceptors (Lipinski definition) is 3. The molecule has 1 saturated heterocycles. The van der Waals surface area contributed by atoms with Crippen LogP contribution in [-0.4, -0.2) is 30.8 Å². The summed E-state index contributed by atoms with van der Waals surface area (Å²) in [4.78, 5) is 14.4. The fourth-order valence-corrected chi connectivity index (χ4v) is 2.36. The van der Waals surface area contributed by atoms with E-state index in [1.54, 1.807) is 6.07 Å². The van der Waals surface area contributed by atoms with Crippen LogP contribution >= 0.6 is 0 Å². The summed E-state index contributed by atoms with van der Waals surface area (Å²) in [6, 6.07) is 7.29. The Kier molecular flexibility index (Phi) is 3.79. The molecule has 2 N–H and O–H groups in total. The quantitative estimate of drug-likeness (QED) is 0.642. The van der Waals surface area contributed by atoms with E-state index in [1.165, 1.54) is 0 Å². The minimum absolute atomic E-state index is 0.229. The molecule has 1 aromatic carbocycles. The number of likely N-dealkylation sites (tertiary alicyclic amines) is 1. The zero-order chi connectivity index (χ0) is 12.3. The van der Waals surface area contributed by atoms with E-state index in [-0.39, 0.29) is 5.78 Å². The Labute approximate surface area is 103 Å². The lowest BCUT2D eigenvalue weighted by atomic mass is 9.90. The van der Waals surface area contributed by atoms with Crippen LogP contribution in [0.15, 0.2) is 24.3 Å². The van der Waals surface area contributed by atoms with Crippen molar-refractivity contribution in [2.24, 2.45) is 5.92 Å². The summed E-state index contributed by atoms with van der Waals surface area (Å²) in [5.41, 5.74) is 7.11. The average molecular weight is 232 g/mol. The van der Waals surface area contributed by atoms with Gasteiger partial charge in [0, 0.05) is 17.7 Å². The van der Waals surface area contributed by atoms with Gasteiger partial charge in [-0.2, -0.15) is 0 Å². The van der Waals surface area contributed by atoms with Gasteiger partial charge in [0.2, 0.25) is 0 Å². The van der Waals surface area contributed by atoms with Crippen molar-refractivity contribution in [3.8, 4) is 0 Å². The number of anilines is 1. The first-order chi connectivity index (χ1) is 8.15. The van der Waals surface area contributed by atoms with Crippen molar-refractivity contribution < 1.29 is 4.79 Å². The van der Waals surface area contributed by atoms with Gasteiger partial charge in [-0.3, -0.25) is 4.79 Å². The van der Waals surface area contributed by atoms with Crippen LogP contribution in [0.3, 0.4) is 0 Å². The Hall–Kier alpha value is -1.35. The highest BCUT2D eigenvalue weighted by molar-refractivity contribution is 5.96. The SMILES string of the molecule is CN1CCC(CC(=O)c2cccc(N)c2)CC1. The van der Waals surface area contributed by atoms with Gasteiger partial charge in [-0.05, 0) is 51.0 Å². The van der Waals surface area contributed by atoms with Crippen LogP contribution in [0.4, 0.5) is 5.69 Å². The third-order valence-electron chi connectivity index (χ3n) is 3.52. The number of Topliss-reactive ketones (excluding diaryl/α,β-unsaturated/α-hetero) is 1. The number of ketones is 1. The number of nitrogens with two attached hydrogens (primary N) is 1. The van der Waals surface area contributed by atoms with Gasteiger partial charge in [0.05, 0.1) is 0 Å². The van der Waals surface area contributed by atoms with Crippen molar-refractivity contribution in [2.45, 2.75) is 19.3 Å². The first-order valence-corrected chi connectivity index (χ1v) is 6.22. The Morgan fingerprint density at radius 2 is 2.12 bits per heavy atom. The Balaban J connectivity index is 1.93. The predicted molar refractivity (Wildman–Crippen MR) is 70.0 cm³/mol. The van der Waals surface area contributed by atoms with Gasteiger partial charge < -0.3 is 10.6 Å². The van der Waals surface area contributed by atoms with Crippen molar-refractivity contribution in [1.29, 1.82) is 0 Å². The van der Waals surface area contributed by atoms with E-state index in [2.05, 4.69) is 11.9 Å². The maximum absolute atomic E-state index is 12.1. The first kappa shape index (κ1) is 12.1. The average Bonchev–Trinajstić information content (AvgIpc) is 2.32. The van der Waals surface area contributed by atoms with Gasteiger partial charge in [-0.25, -0.2) is 0 Å². The summed E-state index contributed by atoms with van der Waals surface area (Å²) in [5.74, 6) is 0.770. The van der Waals surface area contributed by atoms with Crippen molar-refractivity contribution in [3.63, 3.8) is 0 Å². The van der Waals surface area contributed by atoms with Gasteiger partial charge >= 0.3 is 0 Å². The van der Waals surface area contributed by atoms with Crippen LogP contribution in [0, 0.1) is 5.92 Å². The molecule has 17 heavy (non-hydrogen) atoms. The lowest BCUT2D eigenvalue weighted by Crippen LogP contribution is -2.31. The normalized spacial score (nSPS) is 18.2. The lowest BCUT2D eigenvalue weighted by Gasteiger charge is -2.28. The van der Waals surface area contributed by atoms with E-state index >= 15 is 0 Å². The number of benzene rings is 1. The molecule has 0 aliphatic carbocycles. The standard InChI is InChI=1S/C14H20N2O/c1-16-7-5-11(6-8-16)9-14(17)12-3-2-4-13(15)10-12/h2-4,10-11H,5-9,15H2,1H3. The summed E-state index contributed by atoms with van der Waals surface area (Å²) in [6.45, 7) is 2.21. The monoisotopic (exact) mass is 232 g/mol. The minimum Gasteiger partial charge on any atom is -0.399 e. The Morgan fingerprint density at radius 3 is 2.76 bits per heavy atom. The second-order valence-electron chi connectivity index (χ2n) is 5.00. The van der Waals surface area contributed by atoms with Crippen molar-refractivity contribution >= 4 is 11.5 Å². The van der Waals surface area contributed by atoms with Gasteiger partial charge in [-0.1, -0.05) is 12.1 Å². The van der Waals surface area contributed by atoms with Crippen molar-refractivity contribution in [1.82, 2.24) is 4.90 Å². The smallest absolute Gasteiger partial charge is 0.163 e. The number of nitrogen functional groups attached to an aromatic ring is 1. The molecule has 2 rings (SSSR count). The van der Waals surface area contributed by atoms with Crippen molar-refractivity contribution in [3.05, 3.63) is 29.8 Å². The zero-order valence-electron chi connectivity index (χ0n) is 10.4. The summed E-state index contributed by atoms with van der Waals surface area (Å²) >= 11 is 0. The van der Waals surface area contributed by atoms with Crippen LogP contribution in [0.5, 0.6) is 0 Å². The maximum atomic E-state index is 12.1. The van der Waals surface area contributed by atoms with E-state index in [4.69, 9.17) is 5.73 Å². The number of nitrogens with zero attached hydrogens (tertiary/aromatic N) is 1. The van der Waals surface area contributed by atoms with E-state index in [0.717, 1.165) is 31.5 Å². The molecule has 92 valence electrons. The molecule has 0 aromatic heterocycles. The third kappa shape index (κ3) is 3.30. The van der Waals surface area contributed by atoms with Crippen molar-refractivity contribution in [2.75, 3.05) is 25.9 Å². The molecule has 0 unspecified atom stereocenters. The topological polar surface area (TPSA) is 46.3 Å². The number of rotatable bonds is 3. The summed E-state index contributed by atoms with van der Waals surface area (Å²) in [6.07, 6.45) is 2.92. The van der Waals surface area contributed by atoms with Gasteiger partial charge in [0.1, 0.15) is 0 Å². The Bertz CT molecular complexity index is 395. The summed E-state index contributed by atoms with van der Waals surface area (Å²) in [5, 5.41) is 0. The molecular weight excluding hydrogens is 212 g/mol. The molecule has 0 saturated carbocycles. The lowest BCUT2D eigenvalue weighted by molar-refractivity contribution is 0.0936. The molecule has 1 aliphatic rings. The van der Waals surface area contributed by atoms with E-state index in [0.29, 0.717) is 18.0 Å². The van der Waals surface area contributed by atoms with Crippen LogP contribution in [-0.2, 0) is 0 Å². The second kappa shape index (κ2) is 5.32. The second-order valence-corrected chi connectivity index (χ2v) is 5.00. The molecule has 3 heteroatoms. The first-order valence-electron chi connectivity index (χ1n) is 6.22. The molecule has 0 bridgehead atoms. The highest BCUT2D eigenvalue weighted by Gasteiger charge is 2.20. The molecule has 0 amide bonds. The van der Waals surface area contributed by atoms with E-state index < -0.39 is 0 Å². The summed E-state index contributed by atoms with van der Waals surface area (Å²) < 4.78 is 0. The molecule has 1 heterocycles. The van der Waals surface area contributed by atoms with E-state index in [9.17, 15) is 4.79 Å². The van der Waals surface area contributed by atoms with Crippen LogP contribution in [0.25, 0.3) is 0 Å². The number of carbonyl (C=O) groups excluding carboxylic acids is 1. The largest absolute Gasteiger partial charge is 0.399 e. The number of hydrogen-bond donors (Lipinski definition) is 1. The van der Waals surface area contributed by atoms with Crippen LogP contribution in [0.1, 0.15) is 29.6 Å². The number of carbonyl (C=O) groups is 1. The van der Waals surface area contributed by atoms with Gasteiger partial charge in [-0.15, -0.1) is 0 Å². The molecule has 1 aromatic rings. The molecule has 0 radical (unpaired) electrons. The molecular formula is C14H20N2O. The number of piperidine rings is 1. The molecule has 1 fully saturated rings. The van der Waals surface area contributed by atoms with Crippen LogP contribution in [0.2, 0.25) is 0 Å². The fourth-order valence-electron chi connectivity index (χ4n) is 2.36.